The monoisotopic (exact) mass is 469 g/mol. The predicted molar refractivity (Wildman–Crippen MR) is 152 cm³/mol. The first-order chi connectivity index (χ1) is 17.0. The summed E-state index contributed by atoms with van der Waals surface area (Å²) in [4.78, 5) is 4.78. The molecular formula is C33H27NS. The molecule has 6 aromatic rings. The molecule has 0 fully saturated rings. The molecule has 2 heterocycles. The molecule has 0 radical (unpaired) electrons. The van der Waals surface area contributed by atoms with Gasteiger partial charge in [0.05, 0.1) is 5.69 Å². The first-order valence-electron chi connectivity index (χ1n) is 12.1. The number of benzene rings is 4. The predicted octanol–water partition coefficient (Wildman–Crippen LogP) is 9.75. The van der Waals surface area contributed by atoms with E-state index in [4.69, 9.17) is 4.98 Å². The van der Waals surface area contributed by atoms with Crippen LogP contribution in [0.3, 0.4) is 0 Å². The molecule has 35 heavy (non-hydrogen) atoms. The lowest BCUT2D eigenvalue weighted by Gasteiger charge is -2.19. The molecule has 0 aliphatic rings. The SMILES string of the molecule is CC(C)(C)c1ccc(-c2cccc3c2sc2c(-c4cc(-c5ccccc5)ccn4)cccc23)cc1. The normalized spacial score (nSPS) is 11.9. The highest BCUT2D eigenvalue weighted by Crippen LogP contribution is 2.43. The van der Waals surface area contributed by atoms with E-state index >= 15 is 0 Å². The number of nitrogens with zero attached hydrogens (tertiary/aromatic N) is 1. The van der Waals surface area contributed by atoms with Crippen molar-refractivity contribution in [1.29, 1.82) is 0 Å². The Labute approximate surface area is 210 Å². The van der Waals surface area contributed by atoms with Gasteiger partial charge in [-0.15, -0.1) is 11.3 Å². The van der Waals surface area contributed by atoms with Gasteiger partial charge in [-0.1, -0.05) is 112 Å². The summed E-state index contributed by atoms with van der Waals surface area (Å²) >= 11 is 1.88. The van der Waals surface area contributed by atoms with E-state index in [1.165, 1.54) is 53.6 Å². The molecule has 0 spiro atoms. The molecule has 6 rings (SSSR count). The highest BCUT2D eigenvalue weighted by Gasteiger charge is 2.16. The third kappa shape index (κ3) is 3.94. The number of thiophene rings is 1. The Balaban J connectivity index is 1.51. The van der Waals surface area contributed by atoms with E-state index in [1.54, 1.807) is 0 Å². The van der Waals surface area contributed by atoms with Crippen molar-refractivity contribution in [3.8, 4) is 33.5 Å². The van der Waals surface area contributed by atoms with Gasteiger partial charge in [0.25, 0.3) is 0 Å². The summed E-state index contributed by atoms with van der Waals surface area (Å²) in [5, 5.41) is 2.60. The van der Waals surface area contributed by atoms with E-state index in [9.17, 15) is 0 Å². The van der Waals surface area contributed by atoms with Crippen LogP contribution < -0.4 is 0 Å². The molecule has 0 aliphatic carbocycles. The lowest BCUT2D eigenvalue weighted by molar-refractivity contribution is 0.590. The number of rotatable bonds is 3. The quantitative estimate of drug-likeness (QED) is 0.251. The summed E-state index contributed by atoms with van der Waals surface area (Å²) in [5.41, 5.74) is 8.67. The van der Waals surface area contributed by atoms with E-state index in [0.717, 1.165) is 5.69 Å². The number of fused-ring (bicyclic) bond motifs is 3. The van der Waals surface area contributed by atoms with E-state index < -0.39 is 0 Å². The maximum Gasteiger partial charge on any atom is 0.0722 e. The molecule has 0 saturated carbocycles. The third-order valence-electron chi connectivity index (χ3n) is 6.73. The number of hydrogen-bond donors (Lipinski definition) is 0. The van der Waals surface area contributed by atoms with Crippen LogP contribution in [-0.2, 0) is 5.41 Å². The molecule has 0 aliphatic heterocycles. The van der Waals surface area contributed by atoms with Gasteiger partial charge in [0.1, 0.15) is 0 Å². The molecule has 4 aromatic carbocycles. The van der Waals surface area contributed by atoms with Crippen molar-refractivity contribution in [2.24, 2.45) is 0 Å². The van der Waals surface area contributed by atoms with E-state index in [0.29, 0.717) is 0 Å². The molecule has 0 unspecified atom stereocenters. The molecule has 170 valence electrons. The van der Waals surface area contributed by atoms with Gasteiger partial charge in [0, 0.05) is 31.9 Å². The van der Waals surface area contributed by atoms with Crippen molar-refractivity contribution in [3.05, 3.63) is 115 Å². The zero-order valence-electron chi connectivity index (χ0n) is 20.2. The lowest BCUT2D eigenvalue weighted by atomic mass is 9.86. The standard InChI is InChI=1S/C33H27NS/c1-33(2,3)25-17-15-23(16-18-25)26-11-7-12-27-28-13-8-14-29(32(28)35-31(26)27)30-21-24(19-20-34-30)22-9-5-4-6-10-22/h4-21H,1-3H3. The number of aromatic nitrogens is 1. The van der Waals surface area contributed by atoms with Crippen LogP contribution >= 0.6 is 11.3 Å². The molecule has 0 bridgehead atoms. The highest BCUT2D eigenvalue weighted by atomic mass is 32.1. The van der Waals surface area contributed by atoms with Crippen LogP contribution in [0.1, 0.15) is 26.3 Å². The van der Waals surface area contributed by atoms with Gasteiger partial charge in [-0.25, -0.2) is 0 Å². The molecule has 0 saturated heterocycles. The van der Waals surface area contributed by atoms with Crippen molar-refractivity contribution >= 4 is 31.5 Å². The molecule has 0 atom stereocenters. The van der Waals surface area contributed by atoms with Crippen molar-refractivity contribution in [2.45, 2.75) is 26.2 Å². The maximum absolute atomic E-state index is 4.78. The minimum Gasteiger partial charge on any atom is -0.256 e. The Hall–Kier alpha value is -3.75. The van der Waals surface area contributed by atoms with Gasteiger partial charge < -0.3 is 0 Å². The summed E-state index contributed by atoms with van der Waals surface area (Å²) in [7, 11) is 0. The Bertz CT molecular complexity index is 1650. The molecule has 0 N–H and O–H groups in total. The average Bonchev–Trinajstić information content (AvgIpc) is 3.28. The van der Waals surface area contributed by atoms with Crippen LogP contribution in [0.4, 0.5) is 0 Å². The Morgan fingerprint density at radius 2 is 1.23 bits per heavy atom. The molecule has 1 nitrogen and oxygen atoms in total. The van der Waals surface area contributed by atoms with Gasteiger partial charge in [-0.2, -0.15) is 0 Å². The number of pyridine rings is 1. The zero-order chi connectivity index (χ0) is 24.0. The summed E-state index contributed by atoms with van der Waals surface area (Å²) in [6.45, 7) is 6.78. The van der Waals surface area contributed by atoms with E-state index in [2.05, 4.69) is 124 Å². The Morgan fingerprint density at radius 3 is 1.91 bits per heavy atom. The average molecular weight is 470 g/mol. The van der Waals surface area contributed by atoms with Crippen molar-refractivity contribution in [3.63, 3.8) is 0 Å². The summed E-state index contributed by atoms with van der Waals surface area (Å²) in [6.07, 6.45) is 1.92. The molecular weight excluding hydrogens is 442 g/mol. The lowest BCUT2D eigenvalue weighted by Crippen LogP contribution is -2.10. The van der Waals surface area contributed by atoms with Gasteiger partial charge in [0.15, 0.2) is 0 Å². The zero-order valence-corrected chi connectivity index (χ0v) is 21.1. The second-order valence-corrected chi connectivity index (χ2v) is 11.1. The van der Waals surface area contributed by atoms with Crippen LogP contribution in [0, 0.1) is 0 Å². The Morgan fingerprint density at radius 1 is 0.571 bits per heavy atom. The fraction of sp³-hybridized carbons (Fsp3) is 0.121. The first kappa shape index (κ1) is 21.8. The highest BCUT2D eigenvalue weighted by molar-refractivity contribution is 7.26. The van der Waals surface area contributed by atoms with Crippen molar-refractivity contribution in [1.82, 2.24) is 4.98 Å². The van der Waals surface area contributed by atoms with Gasteiger partial charge >= 0.3 is 0 Å². The number of hydrogen-bond acceptors (Lipinski definition) is 2. The second-order valence-electron chi connectivity index (χ2n) is 10.1. The first-order valence-corrected chi connectivity index (χ1v) is 12.9. The van der Waals surface area contributed by atoms with Gasteiger partial charge in [-0.3, -0.25) is 4.98 Å². The van der Waals surface area contributed by atoms with E-state index in [1.807, 2.05) is 17.5 Å². The van der Waals surface area contributed by atoms with Crippen LogP contribution in [0.2, 0.25) is 0 Å². The smallest absolute Gasteiger partial charge is 0.0722 e. The Kier molecular flexibility index (Phi) is 5.27. The van der Waals surface area contributed by atoms with Crippen molar-refractivity contribution in [2.75, 3.05) is 0 Å². The van der Waals surface area contributed by atoms with Crippen LogP contribution in [0.5, 0.6) is 0 Å². The fourth-order valence-electron chi connectivity index (χ4n) is 4.79. The van der Waals surface area contributed by atoms with E-state index in [-0.39, 0.29) is 5.41 Å². The van der Waals surface area contributed by atoms with Crippen molar-refractivity contribution < 1.29 is 0 Å². The van der Waals surface area contributed by atoms with Gasteiger partial charge in [-0.05, 0) is 45.4 Å². The van der Waals surface area contributed by atoms with Gasteiger partial charge in [0.2, 0.25) is 0 Å². The largest absolute Gasteiger partial charge is 0.256 e. The minimum atomic E-state index is 0.151. The van der Waals surface area contributed by atoms with Crippen LogP contribution in [0.25, 0.3) is 53.7 Å². The summed E-state index contributed by atoms with van der Waals surface area (Å²) in [6, 6.07) is 37.2. The third-order valence-corrected chi connectivity index (χ3v) is 8.02. The van der Waals surface area contributed by atoms with Crippen LogP contribution in [-0.4, -0.2) is 4.98 Å². The van der Waals surface area contributed by atoms with Crippen LogP contribution in [0.15, 0.2) is 109 Å². The minimum absolute atomic E-state index is 0.151. The molecule has 2 heteroatoms. The maximum atomic E-state index is 4.78. The fourth-order valence-corrected chi connectivity index (χ4v) is 6.15. The molecule has 0 amide bonds. The second kappa shape index (κ2) is 8.48. The topological polar surface area (TPSA) is 12.9 Å². The summed E-state index contributed by atoms with van der Waals surface area (Å²) in [5.74, 6) is 0. The molecule has 2 aromatic heterocycles. The summed E-state index contributed by atoms with van der Waals surface area (Å²) < 4.78 is 2.62.